The number of hydrogen-bond acceptors (Lipinski definition) is 5. The quantitative estimate of drug-likeness (QED) is 0.818. The number of anilines is 1. The van der Waals surface area contributed by atoms with Crippen molar-refractivity contribution in [3.63, 3.8) is 0 Å². The van der Waals surface area contributed by atoms with Crippen LogP contribution >= 0.6 is 0 Å². The topological polar surface area (TPSA) is 87.2 Å². The highest BCUT2D eigenvalue weighted by molar-refractivity contribution is 6.02. The zero-order valence-corrected chi connectivity index (χ0v) is 14.4. The predicted octanol–water partition coefficient (Wildman–Crippen LogP) is 1.71. The van der Waals surface area contributed by atoms with Crippen LogP contribution in [0, 0.1) is 6.92 Å². The Morgan fingerprint density at radius 3 is 2.85 bits per heavy atom. The summed E-state index contributed by atoms with van der Waals surface area (Å²) in [7, 11) is 0. The van der Waals surface area contributed by atoms with E-state index in [2.05, 4.69) is 20.6 Å². The van der Waals surface area contributed by atoms with E-state index in [4.69, 9.17) is 0 Å². The first-order valence-corrected chi connectivity index (χ1v) is 8.88. The molecule has 2 saturated heterocycles. The molecule has 1 aromatic heterocycles. The summed E-state index contributed by atoms with van der Waals surface area (Å²) in [6, 6.07) is 7.48. The van der Waals surface area contributed by atoms with Gasteiger partial charge in [0.2, 0.25) is 0 Å². The van der Waals surface area contributed by atoms with Crippen LogP contribution in [0.3, 0.4) is 0 Å². The van der Waals surface area contributed by atoms with Crippen molar-refractivity contribution in [3.05, 3.63) is 53.6 Å². The number of carbonyl (C=O) groups is 2. The van der Waals surface area contributed by atoms with E-state index in [0.29, 0.717) is 17.7 Å². The lowest BCUT2D eigenvalue weighted by Crippen LogP contribution is -2.64. The highest BCUT2D eigenvalue weighted by Crippen LogP contribution is 2.46. The van der Waals surface area contributed by atoms with Gasteiger partial charge in [-0.3, -0.25) is 14.6 Å². The van der Waals surface area contributed by atoms with Gasteiger partial charge in [0.25, 0.3) is 11.8 Å². The molecule has 2 amide bonds. The maximum Gasteiger partial charge on any atom is 0.274 e. The van der Waals surface area contributed by atoms with Crippen molar-refractivity contribution in [1.82, 2.24) is 20.2 Å². The molecular formula is C19H19N5O2. The molecule has 132 valence electrons. The van der Waals surface area contributed by atoms with Crippen LogP contribution in [0.5, 0.6) is 0 Å². The Bertz CT molecular complexity index is 912. The SMILES string of the molecule is Cc1cnc(C(=O)N2C3CCC2C2(C3)NC(=O)c3ccccc3N2)cn1. The minimum atomic E-state index is -0.609. The molecular weight excluding hydrogens is 330 g/mol. The minimum Gasteiger partial charge on any atom is -0.360 e. The van der Waals surface area contributed by atoms with E-state index < -0.39 is 5.66 Å². The third-order valence-corrected chi connectivity index (χ3v) is 5.73. The Morgan fingerprint density at radius 2 is 2.04 bits per heavy atom. The zero-order chi connectivity index (χ0) is 17.9. The van der Waals surface area contributed by atoms with Crippen molar-refractivity contribution in [3.8, 4) is 0 Å². The van der Waals surface area contributed by atoms with Gasteiger partial charge in [-0.15, -0.1) is 0 Å². The molecule has 4 heterocycles. The standard InChI is InChI=1S/C19H19N5O2/c1-11-9-21-15(10-20-11)18(26)24-12-6-7-16(24)19(8-12)22-14-5-3-2-4-13(14)17(25)23-19/h2-5,9-10,12,16,22H,6-8H2,1H3,(H,23,25). The zero-order valence-electron chi connectivity index (χ0n) is 14.4. The summed E-state index contributed by atoms with van der Waals surface area (Å²) in [6.07, 6.45) is 5.63. The van der Waals surface area contributed by atoms with Gasteiger partial charge < -0.3 is 15.5 Å². The average Bonchev–Trinajstić information content (AvgIpc) is 3.17. The second kappa shape index (κ2) is 5.27. The fourth-order valence-electron chi connectivity index (χ4n) is 4.62. The lowest BCUT2D eigenvalue weighted by Gasteiger charge is -2.43. The minimum absolute atomic E-state index is 0.0885. The molecule has 7 heteroatoms. The van der Waals surface area contributed by atoms with Crippen molar-refractivity contribution >= 4 is 17.5 Å². The number of nitrogens with zero attached hydrogens (tertiary/aromatic N) is 3. The molecule has 0 saturated carbocycles. The van der Waals surface area contributed by atoms with E-state index in [9.17, 15) is 9.59 Å². The van der Waals surface area contributed by atoms with Crippen LogP contribution < -0.4 is 10.6 Å². The maximum absolute atomic E-state index is 13.1. The Morgan fingerprint density at radius 1 is 1.19 bits per heavy atom. The fraction of sp³-hybridized carbons (Fsp3) is 0.368. The molecule has 3 aliphatic heterocycles. The molecule has 3 unspecified atom stereocenters. The largest absolute Gasteiger partial charge is 0.360 e. The maximum atomic E-state index is 13.1. The number of aryl methyl sites for hydroxylation is 1. The van der Waals surface area contributed by atoms with Crippen LogP contribution in [0.2, 0.25) is 0 Å². The third kappa shape index (κ3) is 2.06. The van der Waals surface area contributed by atoms with Crippen LogP contribution in [-0.4, -0.2) is 44.4 Å². The lowest BCUT2D eigenvalue weighted by atomic mass is 9.86. The van der Waals surface area contributed by atoms with Gasteiger partial charge >= 0.3 is 0 Å². The van der Waals surface area contributed by atoms with Gasteiger partial charge in [0.15, 0.2) is 0 Å². The highest BCUT2D eigenvalue weighted by atomic mass is 16.2. The molecule has 26 heavy (non-hydrogen) atoms. The van der Waals surface area contributed by atoms with Crippen LogP contribution in [0.25, 0.3) is 0 Å². The summed E-state index contributed by atoms with van der Waals surface area (Å²) in [5.74, 6) is -0.203. The second-order valence-corrected chi connectivity index (χ2v) is 7.30. The van der Waals surface area contributed by atoms with Crippen molar-refractivity contribution in [2.45, 2.75) is 43.9 Å². The number of aromatic nitrogens is 2. The van der Waals surface area contributed by atoms with Gasteiger partial charge in [-0.25, -0.2) is 4.98 Å². The Balaban J connectivity index is 1.49. The highest BCUT2D eigenvalue weighted by Gasteiger charge is 2.60. The van der Waals surface area contributed by atoms with E-state index in [1.54, 1.807) is 6.20 Å². The number of rotatable bonds is 1. The number of benzene rings is 1. The molecule has 2 N–H and O–H groups in total. The molecule has 3 atom stereocenters. The first-order chi connectivity index (χ1) is 12.6. The molecule has 3 aliphatic rings. The van der Waals surface area contributed by atoms with Crippen molar-refractivity contribution in [2.75, 3.05) is 5.32 Å². The predicted molar refractivity (Wildman–Crippen MR) is 94.6 cm³/mol. The van der Waals surface area contributed by atoms with E-state index in [1.165, 1.54) is 6.20 Å². The molecule has 1 aromatic carbocycles. The van der Waals surface area contributed by atoms with Crippen molar-refractivity contribution in [2.24, 2.45) is 0 Å². The summed E-state index contributed by atoms with van der Waals surface area (Å²) in [5, 5.41) is 6.66. The Kier molecular flexibility index (Phi) is 3.10. The summed E-state index contributed by atoms with van der Waals surface area (Å²) in [4.78, 5) is 36.0. The van der Waals surface area contributed by atoms with Crippen LogP contribution in [0.1, 0.15) is 45.8 Å². The number of para-hydroxylation sites is 1. The van der Waals surface area contributed by atoms with Crippen molar-refractivity contribution in [1.29, 1.82) is 0 Å². The Labute approximate surface area is 150 Å². The summed E-state index contributed by atoms with van der Waals surface area (Å²) in [6.45, 7) is 1.84. The van der Waals surface area contributed by atoms with Gasteiger partial charge in [0, 0.05) is 24.3 Å². The van der Waals surface area contributed by atoms with Gasteiger partial charge in [-0.2, -0.15) is 0 Å². The fourth-order valence-corrected chi connectivity index (χ4v) is 4.62. The number of fused-ring (bicyclic) bond motifs is 4. The molecule has 2 bridgehead atoms. The Hall–Kier alpha value is -2.96. The number of carbonyl (C=O) groups excluding carboxylic acids is 2. The molecule has 1 spiro atoms. The van der Waals surface area contributed by atoms with Gasteiger partial charge in [0.1, 0.15) is 11.4 Å². The summed E-state index contributed by atoms with van der Waals surface area (Å²) in [5.41, 5.74) is 1.99. The smallest absolute Gasteiger partial charge is 0.274 e. The summed E-state index contributed by atoms with van der Waals surface area (Å²) >= 11 is 0. The van der Waals surface area contributed by atoms with E-state index in [0.717, 1.165) is 24.2 Å². The van der Waals surface area contributed by atoms with Crippen LogP contribution in [-0.2, 0) is 0 Å². The molecule has 0 aliphatic carbocycles. The number of amides is 2. The number of nitrogens with one attached hydrogen (secondary N) is 2. The molecule has 2 fully saturated rings. The van der Waals surface area contributed by atoms with Gasteiger partial charge in [0.05, 0.1) is 23.5 Å². The van der Waals surface area contributed by atoms with Crippen LogP contribution in [0.15, 0.2) is 36.7 Å². The summed E-state index contributed by atoms with van der Waals surface area (Å²) < 4.78 is 0. The monoisotopic (exact) mass is 349 g/mol. The molecule has 5 rings (SSSR count). The van der Waals surface area contributed by atoms with E-state index in [-0.39, 0.29) is 23.9 Å². The molecule has 0 radical (unpaired) electrons. The average molecular weight is 349 g/mol. The first kappa shape index (κ1) is 15.3. The van der Waals surface area contributed by atoms with E-state index in [1.807, 2.05) is 36.1 Å². The first-order valence-electron chi connectivity index (χ1n) is 8.88. The third-order valence-electron chi connectivity index (χ3n) is 5.73. The van der Waals surface area contributed by atoms with E-state index >= 15 is 0 Å². The normalized spacial score (nSPS) is 28.7. The number of hydrogen-bond donors (Lipinski definition) is 2. The lowest BCUT2D eigenvalue weighted by molar-refractivity contribution is 0.0686. The van der Waals surface area contributed by atoms with Crippen LogP contribution in [0.4, 0.5) is 5.69 Å². The van der Waals surface area contributed by atoms with Crippen molar-refractivity contribution < 1.29 is 9.59 Å². The van der Waals surface area contributed by atoms with Gasteiger partial charge in [-0.05, 0) is 31.9 Å². The molecule has 7 nitrogen and oxygen atoms in total. The van der Waals surface area contributed by atoms with Gasteiger partial charge in [-0.1, -0.05) is 12.1 Å². The molecule has 2 aromatic rings. The second-order valence-electron chi connectivity index (χ2n) is 7.30.